The van der Waals surface area contributed by atoms with Crippen LogP contribution in [0.4, 0.5) is 5.69 Å². The van der Waals surface area contributed by atoms with Crippen molar-refractivity contribution in [3.8, 4) is 11.5 Å². The Morgan fingerprint density at radius 2 is 1.64 bits per heavy atom. The topological polar surface area (TPSA) is 47.6 Å². The van der Waals surface area contributed by atoms with E-state index in [2.05, 4.69) is 45.1 Å². The summed E-state index contributed by atoms with van der Waals surface area (Å²) in [5, 5.41) is 3.49. The summed E-state index contributed by atoms with van der Waals surface area (Å²) in [6.45, 7) is 8.49. The number of para-hydroxylation sites is 1. The third kappa shape index (κ3) is 5.08. The first-order valence-electron chi connectivity index (χ1n) is 9.31. The molecule has 28 heavy (non-hydrogen) atoms. The van der Waals surface area contributed by atoms with E-state index >= 15 is 0 Å². The van der Waals surface area contributed by atoms with Gasteiger partial charge in [-0.15, -0.1) is 0 Å². The highest BCUT2D eigenvalue weighted by atomic mass is 35.5. The quantitative estimate of drug-likeness (QED) is 0.557. The number of carbonyl (C=O) groups is 1. The number of halogens is 1. The molecule has 0 aliphatic carbocycles. The molecule has 0 atom stereocenters. The van der Waals surface area contributed by atoms with Crippen molar-refractivity contribution in [3.63, 3.8) is 0 Å². The third-order valence-corrected chi connectivity index (χ3v) is 4.78. The Kier molecular flexibility index (Phi) is 7.53. The van der Waals surface area contributed by atoms with Crippen molar-refractivity contribution < 1.29 is 14.3 Å². The lowest BCUT2D eigenvalue weighted by Gasteiger charge is -2.19. The Bertz CT molecular complexity index is 846. The molecule has 0 radical (unpaired) electrons. The Morgan fingerprint density at radius 1 is 1.04 bits per heavy atom. The van der Waals surface area contributed by atoms with Crippen LogP contribution in [-0.2, 0) is 4.79 Å². The standard InChI is InChI=1S/C23H28ClNO3/c1-14(2)17-8-7-9-18(15(3)4)22(17)25-21(26)11-10-16-12-19(24)23(28-6)20(13-16)27-5/h7-15H,1-6H3,(H,25,26). The van der Waals surface area contributed by atoms with Crippen LogP contribution in [0.15, 0.2) is 36.4 Å². The van der Waals surface area contributed by atoms with Crippen LogP contribution in [0.2, 0.25) is 5.02 Å². The number of anilines is 1. The second kappa shape index (κ2) is 9.65. The maximum absolute atomic E-state index is 12.6. The second-order valence-corrected chi connectivity index (χ2v) is 7.59. The van der Waals surface area contributed by atoms with E-state index in [0.29, 0.717) is 28.4 Å². The zero-order chi connectivity index (χ0) is 20.8. The fourth-order valence-electron chi connectivity index (χ4n) is 3.07. The number of rotatable bonds is 7. The Morgan fingerprint density at radius 3 is 2.14 bits per heavy atom. The normalized spacial score (nSPS) is 11.3. The average Bonchev–Trinajstić information content (AvgIpc) is 2.65. The number of nitrogens with one attached hydrogen (secondary N) is 1. The van der Waals surface area contributed by atoms with Gasteiger partial charge in [-0.05, 0) is 46.7 Å². The molecule has 0 aromatic heterocycles. The molecule has 1 N–H and O–H groups in total. The van der Waals surface area contributed by atoms with Gasteiger partial charge >= 0.3 is 0 Å². The van der Waals surface area contributed by atoms with Gasteiger partial charge in [0.25, 0.3) is 0 Å². The van der Waals surface area contributed by atoms with Crippen molar-refractivity contribution >= 4 is 29.3 Å². The Hall–Kier alpha value is -2.46. The number of hydrogen-bond donors (Lipinski definition) is 1. The summed E-state index contributed by atoms with van der Waals surface area (Å²) >= 11 is 6.23. The largest absolute Gasteiger partial charge is 0.493 e. The first-order valence-corrected chi connectivity index (χ1v) is 9.69. The van der Waals surface area contributed by atoms with Gasteiger partial charge in [0.15, 0.2) is 11.5 Å². The summed E-state index contributed by atoms with van der Waals surface area (Å²) < 4.78 is 10.5. The minimum absolute atomic E-state index is 0.194. The highest BCUT2D eigenvalue weighted by molar-refractivity contribution is 6.32. The minimum atomic E-state index is -0.194. The molecule has 0 aliphatic rings. The first-order chi connectivity index (χ1) is 13.3. The van der Waals surface area contributed by atoms with Gasteiger partial charge in [-0.1, -0.05) is 57.5 Å². The molecule has 2 aromatic rings. The van der Waals surface area contributed by atoms with Gasteiger partial charge in [0.05, 0.1) is 19.2 Å². The van der Waals surface area contributed by atoms with Gasteiger partial charge in [-0.25, -0.2) is 0 Å². The predicted molar refractivity (Wildman–Crippen MR) is 117 cm³/mol. The lowest BCUT2D eigenvalue weighted by atomic mass is 9.92. The Balaban J connectivity index is 2.29. The zero-order valence-corrected chi connectivity index (χ0v) is 18.1. The first kappa shape index (κ1) is 21.8. The number of benzene rings is 2. The van der Waals surface area contributed by atoms with Gasteiger partial charge < -0.3 is 14.8 Å². The molecular formula is C23H28ClNO3. The monoisotopic (exact) mass is 401 g/mol. The summed E-state index contributed by atoms with van der Waals surface area (Å²) in [5.41, 5.74) is 3.90. The number of ether oxygens (including phenoxy) is 2. The summed E-state index contributed by atoms with van der Waals surface area (Å²) in [7, 11) is 3.08. The maximum atomic E-state index is 12.6. The number of amides is 1. The molecule has 0 saturated heterocycles. The molecule has 5 heteroatoms. The van der Waals surface area contributed by atoms with E-state index in [9.17, 15) is 4.79 Å². The van der Waals surface area contributed by atoms with E-state index < -0.39 is 0 Å². The van der Waals surface area contributed by atoms with Gasteiger partial charge in [-0.3, -0.25) is 4.79 Å². The molecule has 0 unspecified atom stereocenters. The van der Waals surface area contributed by atoms with Gasteiger partial charge in [-0.2, -0.15) is 0 Å². The molecule has 2 rings (SSSR count). The molecule has 150 valence electrons. The van der Waals surface area contributed by atoms with Crippen LogP contribution in [0.3, 0.4) is 0 Å². The number of hydrogen-bond acceptors (Lipinski definition) is 3. The van der Waals surface area contributed by atoms with E-state index in [1.807, 2.05) is 6.07 Å². The molecule has 1 amide bonds. The zero-order valence-electron chi connectivity index (χ0n) is 17.3. The van der Waals surface area contributed by atoms with Crippen LogP contribution >= 0.6 is 11.6 Å². The van der Waals surface area contributed by atoms with Gasteiger partial charge in [0.1, 0.15) is 0 Å². The maximum Gasteiger partial charge on any atom is 0.248 e. The third-order valence-electron chi connectivity index (χ3n) is 4.50. The smallest absolute Gasteiger partial charge is 0.248 e. The predicted octanol–water partition coefficient (Wildman–Crippen LogP) is 6.26. The summed E-state index contributed by atoms with van der Waals surface area (Å²) in [4.78, 5) is 12.6. The highest BCUT2D eigenvalue weighted by Gasteiger charge is 2.15. The lowest BCUT2D eigenvalue weighted by molar-refractivity contribution is -0.111. The summed E-state index contributed by atoms with van der Waals surface area (Å²) in [5.74, 6) is 1.41. The van der Waals surface area contributed by atoms with Gasteiger partial charge in [0.2, 0.25) is 5.91 Å². The van der Waals surface area contributed by atoms with Gasteiger partial charge in [0, 0.05) is 11.8 Å². The van der Waals surface area contributed by atoms with Crippen LogP contribution in [0, 0.1) is 0 Å². The van der Waals surface area contributed by atoms with Crippen molar-refractivity contribution in [2.45, 2.75) is 39.5 Å². The lowest BCUT2D eigenvalue weighted by Crippen LogP contribution is -2.13. The molecule has 0 fully saturated rings. The minimum Gasteiger partial charge on any atom is -0.493 e. The molecule has 0 saturated carbocycles. The molecule has 0 aliphatic heterocycles. The Labute approximate surface area is 172 Å². The van der Waals surface area contributed by atoms with Crippen LogP contribution in [0.5, 0.6) is 11.5 Å². The van der Waals surface area contributed by atoms with Crippen LogP contribution < -0.4 is 14.8 Å². The van der Waals surface area contributed by atoms with Crippen LogP contribution in [0.1, 0.15) is 56.2 Å². The van der Waals surface area contributed by atoms with E-state index in [-0.39, 0.29) is 5.91 Å². The van der Waals surface area contributed by atoms with E-state index in [1.165, 1.54) is 13.2 Å². The summed E-state index contributed by atoms with van der Waals surface area (Å²) in [6.07, 6.45) is 3.20. The highest BCUT2D eigenvalue weighted by Crippen LogP contribution is 2.36. The molecule has 0 spiro atoms. The molecule has 2 aromatic carbocycles. The SMILES string of the molecule is COc1cc(C=CC(=O)Nc2c(C(C)C)cccc2C(C)C)cc(Cl)c1OC. The van der Waals surface area contributed by atoms with Crippen molar-refractivity contribution in [2.75, 3.05) is 19.5 Å². The van der Waals surface area contributed by atoms with E-state index in [0.717, 1.165) is 22.4 Å². The van der Waals surface area contributed by atoms with Crippen molar-refractivity contribution in [1.29, 1.82) is 0 Å². The van der Waals surface area contributed by atoms with Crippen molar-refractivity contribution in [1.82, 2.24) is 0 Å². The second-order valence-electron chi connectivity index (χ2n) is 7.18. The number of methoxy groups -OCH3 is 2. The fraction of sp³-hybridized carbons (Fsp3) is 0.348. The molecule has 0 bridgehead atoms. The molecule has 0 heterocycles. The fourth-order valence-corrected chi connectivity index (χ4v) is 3.36. The van der Waals surface area contributed by atoms with E-state index in [4.69, 9.17) is 21.1 Å². The van der Waals surface area contributed by atoms with Crippen molar-refractivity contribution in [2.24, 2.45) is 0 Å². The van der Waals surface area contributed by atoms with E-state index in [1.54, 1.807) is 25.3 Å². The number of carbonyl (C=O) groups excluding carboxylic acids is 1. The van der Waals surface area contributed by atoms with Crippen LogP contribution in [-0.4, -0.2) is 20.1 Å². The molecular weight excluding hydrogens is 374 g/mol. The summed E-state index contributed by atoms with van der Waals surface area (Å²) in [6, 6.07) is 9.67. The average molecular weight is 402 g/mol. The molecule has 4 nitrogen and oxygen atoms in total. The van der Waals surface area contributed by atoms with Crippen molar-refractivity contribution in [3.05, 3.63) is 58.1 Å². The van der Waals surface area contributed by atoms with Crippen LogP contribution in [0.25, 0.3) is 6.08 Å².